The van der Waals surface area contributed by atoms with Crippen molar-refractivity contribution in [2.75, 3.05) is 13.7 Å². The number of ether oxygens (including phenoxy) is 3. The highest BCUT2D eigenvalue weighted by molar-refractivity contribution is 6.12. The number of benzene rings is 2. The SMILES string of the molecule is CCOC(=O)C(C)c1cc2c(cc1OC)C(=O)c1ccccc1CO2. The Balaban J connectivity index is 2.08. The molecule has 1 atom stereocenters. The number of ketones is 1. The van der Waals surface area contributed by atoms with Gasteiger partial charge in [-0.1, -0.05) is 24.3 Å². The quantitative estimate of drug-likeness (QED) is 0.798. The lowest BCUT2D eigenvalue weighted by molar-refractivity contribution is -0.144. The van der Waals surface area contributed by atoms with E-state index in [9.17, 15) is 9.59 Å². The van der Waals surface area contributed by atoms with Gasteiger partial charge in [0.1, 0.15) is 18.1 Å². The molecule has 0 aromatic heterocycles. The number of carbonyl (C=O) groups excluding carboxylic acids is 2. The Hall–Kier alpha value is -2.82. The summed E-state index contributed by atoms with van der Waals surface area (Å²) in [5, 5.41) is 0. The normalized spacial score (nSPS) is 13.8. The fourth-order valence-corrected chi connectivity index (χ4v) is 2.95. The van der Waals surface area contributed by atoms with Gasteiger partial charge in [0.15, 0.2) is 5.78 Å². The van der Waals surface area contributed by atoms with Crippen molar-refractivity contribution in [3.63, 3.8) is 0 Å². The summed E-state index contributed by atoms with van der Waals surface area (Å²) in [6.07, 6.45) is 0. The molecule has 1 aliphatic heterocycles. The van der Waals surface area contributed by atoms with Crippen LogP contribution in [0.3, 0.4) is 0 Å². The largest absolute Gasteiger partial charge is 0.496 e. The second-order valence-electron chi connectivity index (χ2n) is 5.84. The average molecular weight is 340 g/mol. The summed E-state index contributed by atoms with van der Waals surface area (Å²) in [7, 11) is 1.51. The lowest BCUT2D eigenvalue weighted by Gasteiger charge is -2.17. The molecular weight excluding hydrogens is 320 g/mol. The van der Waals surface area contributed by atoms with Gasteiger partial charge in [0.25, 0.3) is 0 Å². The molecule has 0 N–H and O–H groups in total. The van der Waals surface area contributed by atoms with Crippen LogP contribution in [0.15, 0.2) is 36.4 Å². The molecule has 1 heterocycles. The van der Waals surface area contributed by atoms with Gasteiger partial charge >= 0.3 is 5.97 Å². The highest BCUT2D eigenvalue weighted by Gasteiger charge is 2.27. The average Bonchev–Trinajstić information content (AvgIpc) is 2.77. The summed E-state index contributed by atoms with van der Waals surface area (Å²) in [6.45, 7) is 4.11. The molecule has 0 aliphatic carbocycles. The molecule has 0 fully saturated rings. The maximum atomic E-state index is 12.9. The molecular formula is C20H20O5. The molecule has 5 heteroatoms. The van der Waals surface area contributed by atoms with Crippen LogP contribution < -0.4 is 9.47 Å². The third-order valence-electron chi connectivity index (χ3n) is 4.33. The van der Waals surface area contributed by atoms with Gasteiger partial charge in [-0.3, -0.25) is 9.59 Å². The summed E-state index contributed by atoms with van der Waals surface area (Å²) in [5.41, 5.74) is 2.53. The predicted molar refractivity (Wildman–Crippen MR) is 92.2 cm³/mol. The van der Waals surface area contributed by atoms with E-state index in [1.165, 1.54) is 7.11 Å². The van der Waals surface area contributed by atoms with Crippen LogP contribution in [0.25, 0.3) is 0 Å². The standard InChI is InChI=1S/C20H20O5/c1-4-24-20(22)12(2)15-9-18-16(10-17(15)23-3)19(21)14-8-6-5-7-13(14)11-25-18/h5-10,12H,4,11H2,1-3H3. The second kappa shape index (κ2) is 6.97. The Bertz CT molecular complexity index is 825. The van der Waals surface area contributed by atoms with Crippen LogP contribution in [-0.4, -0.2) is 25.5 Å². The van der Waals surface area contributed by atoms with Crippen LogP contribution in [0.1, 0.15) is 46.8 Å². The number of carbonyl (C=O) groups is 2. The fraction of sp³-hybridized carbons (Fsp3) is 0.300. The molecule has 2 aromatic carbocycles. The van der Waals surface area contributed by atoms with Crippen molar-refractivity contribution < 1.29 is 23.8 Å². The first-order valence-electron chi connectivity index (χ1n) is 8.20. The molecule has 0 bridgehead atoms. The van der Waals surface area contributed by atoms with Crippen LogP contribution in [0.5, 0.6) is 11.5 Å². The van der Waals surface area contributed by atoms with Crippen LogP contribution in [0.4, 0.5) is 0 Å². The van der Waals surface area contributed by atoms with Crippen molar-refractivity contribution in [1.29, 1.82) is 0 Å². The number of fused-ring (bicyclic) bond motifs is 2. The maximum absolute atomic E-state index is 12.9. The first-order chi connectivity index (χ1) is 12.1. The van der Waals surface area contributed by atoms with Gasteiger partial charge in [-0.05, 0) is 26.0 Å². The van der Waals surface area contributed by atoms with Crippen LogP contribution in [-0.2, 0) is 16.1 Å². The summed E-state index contributed by atoms with van der Waals surface area (Å²) in [6, 6.07) is 10.7. The zero-order chi connectivity index (χ0) is 18.0. The van der Waals surface area contributed by atoms with E-state index in [0.717, 1.165) is 5.56 Å². The predicted octanol–water partition coefficient (Wildman–Crippen LogP) is 3.49. The minimum Gasteiger partial charge on any atom is -0.496 e. The molecule has 1 aliphatic rings. The molecule has 3 rings (SSSR count). The van der Waals surface area contributed by atoms with E-state index >= 15 is 0 Å². The van der Waals surface area contributed by atoms with Crippen molar-refractivity contribution in [2.24, 2.45) is 0 Å². The summed E-state index contributed by atoms with van der Waals surface area (Å²) < 4.78 is 16.4. The minimum atomic E-state index is -0.524. The van der Waals surface area contributed by atoms with Crippen molar-refractivity contribution in [2.45, 2.75) is 26.4 Å². The van der Waals surface area contributed by atoms with E-state index in [-0.39, 0.29) is 11.8 Å². The molecule has 2 aromatic rings. The first kappa shape index (κ1) is 17.0. The molecule has 0 radical (unpaired) electrons. The molecule has 0 spiro atoms. The maximum Gasteiger partial charge on any atom is 0.313 e. The van der Waals surface area contributed by atoms with Crippen molar-refractivity contribution in [1.82, 2.24) is 0 Å². The highest BCUT2D eigenvalue weighted by Crippen LogP contribution is 2.37. The van der Waals surface area contributed by atoms with Crippen LogP contribution in [0.2, 0.25) is 0 Å². The zero-order valence-corrected chi connectivity index (χ0v) is 14.5. The monoisotopic (exact) mass is 340 g/mol. The van der Waals surface area contributed by atoms with Gasteiger partial charge in [0.2, 0.25) is 0 Å². The minimum absolute atomic E-state index is 0.114. The molecule has 0 saturated carbocycles. The Morgan fingerprint density at radius 2 is 2.00 bits per heavy atom. The summed E-state index contributed by atoms with van der Waals surface area (Å²) in [5.74, 6) is -0.0611. The van der Waals surface area contributed by atoms with Crippen molar-refractivity contribution in [3.8, 4) is 11.5 Å². The zero-order valence-electron chi connectivity index (χ0n) is 14.5. The van der Waals surface area contributed by atoms with Crippen LogP contribution >= 0.6 is 0 Å². The lowest BCUT2D eigenvalue weighted by Crippen LogP contribution is -2.14. The highest BCUT2D eigenvalue weighted by atomic mass is 16.5. The van der Waals surface area contributed by atoms with Gasteiger partial charge in [-0.25, -0.2) is 0 Å². The topological polar surface area (TPSA) is 61.8 Å². The fourth-order valence-electron chi connectivity index (χ4n) is 2.95. The van der Waals surface area contributed by atoms with Crippen molar-refractivity contribution in [3.05, 3.63) is 58.7 Å². The molecule has 1 unspecified atom stereocenters. The Morgan fingerprint density at radius 1 is 1.24 bits per heavy atom. The number of methoxy groups -OCH3 is 1. The van der Waals surface area contributed by atoms with Gasteiger partial charge in [-0.15, -0.1) is 0 Å². The van der Waals surface area contributed by atoms with Crippen molar-refractivity contribution >= 4 is 11.8 Å². The van der Waals surface area contributed by atoms with E-state index in [2.05, 4.69) is 0 Å². The second-order valence-corrected chi connectivity index (χ2v) is 5.84. The Kier molecular flexibility index (Phi) is 4.74. The lowest BCUT2D eigenvalue weighted by atomic mass is 9.94. The first-order valence-corrected chi connectivity index (χ1v) is 8.20. The van der Waals surface area contributed by atoms with E-state index in [1.54, 1.807) is 32.0 Å². The third-order valence-corrected chi connectivity index (χ3v) is 4.33. The summed E-state index contributed by atoms with van der Waals surface area (Å²) in [4.78, 5) is 25.0. The molecule has 0 saturated heterocycles. The molecule has 25 heavy (non-hydrogen) atoms. The molecule has 130 valence electrons. The Morgan fingerprint density at radius 3 is 2.72 bits per heavy atom. The van der Waals surface area contributed by atoms with E-state index in [1.807, 2.05) is 18.2 Å². The number of hydrogen-bond donors (Lipinski definition) is 0. The van der Waals surface area contributed by atoms with Gasteiger partial charge in [0.05, 0.1) is 25.2 Å². The number of hydrogen-bond acceptors (Lipinski definition) is 5. The summed E-state index contributed by atoms with van der Waals surface area (Å²) >= 11 is 0. The number of esters is 1. The third kappa shape index (κ3) is 3.09. The van der Waals surface area contributed by atoms with E-state index in [4.69, 9.17) is 14.2 Å². The Labute approximate surface area is 146 Å². The number of rotatable bonds is 4. The van der Waals surface area contributed by atoms with Gasteiger partial charge in [0, 0.05) is 16.7 Å². The van der Waals surface area contributed by atoms with E-state index in [0.29, 0.717) is 41.4 Å². The van der Waals surface area contributed by atoms with Crippen LogP contribution in [0, 0.1) is 0 Å². The van der Waals surface area contributed by atoms with Gasteiger partial charge < -0.3 is 14.2 Å². The smallest absolute Gasteiger partial charge is 0.313 e. The molecule has 0 amide bonds. The van der Waals surface area contributed by atoms with E-state index < -0.39 is 5.92 Å². The van der Waals surface area contributed by atoms with Gasteiger partial charge in [-0.2, -0.15) is 0 Å². The molecule has 5 nitrogen and oxygen atoms in total.